The summed E-state index contributed by atoms with van der Waals surface area (Å²) in [4.78, 5) is 25.1. The number of rotatable bonds is 5. The van der Waals surface area contributed by atoms with Crippen LogP contribution in [-0.2, 0) is 0 Å². The summed E-state index contributed by atoms with van der Waals surface area (Å²) in [5, 5.41) is 5.20. The van der Waals surface area contributed by atoms with E-state index in [0.717, 1.165) is 12.8 Å². The van der Waals surface area contributed by atoms with Gasteiger partial charge in [-0.15, -0.1) is 11.3 Å². The predicted molar refractivity (Wildman–Crippen MR) is 91.4 cm³/mol. The molecule has 1 saturated carbocycles. The Morgan fingerprint density at radius 2 is 1.87 bits per heavy atom. The highest BCUT2D eigenvalue weighted by molar-refractivity contribution is 7.10. The summed E-state index contributed by atoms with van der Waals surface area (Å²) >= 11 is 1.67. The lowest BCUT2D eigenvalue weighted by Crippen LogP contribution is -2.32. The van der Waals surface area contributed by atoms with Gasteiger partial charge in [0.25, 0.3) is 5.91 Å². The van der Waals surface area contributed by atoms with E-state index < -0.39 is 5.91 Å². The quantitative estimate of drug-likeness (QED) is 0.881. The van der Waals surface area contributed by atoms with Crippen LogP contribution >= 0.6 is 11.3 Å². The molecule has 4 nitrogen and oxygen atoms in total. The number of nitrogens with two attached hydrogens (primary N) is 1. The molecule has 2 aromatic rings. The molecular weight excluding hydrogens is 308 g/mol. The summed E-state index contributed by atoms with van der Waals surface area (Å²) in [7, 11) is 0. The second-order valence-corrected chi connectivity index (χ2v) is 6.94. The number of benzene rings is 1. The van der Waals surface area contributed by atoms with Gasteiger partial charge in [0.1, 0.15) is 0 Å². The van der Waals surface area contributed by atoms with Gasteiger partial charge in [-0.1, -0.05) is 25.0 Å². The minimum atomic E-state index is -0.523. The second kappa shape index (κ2) is 6.96. The van der Waals surface area contributed by atoms with Crippen molar-refractivity contribution in [3.05, 3.63) is 57.8 Å². The maximum atomic E-state index is 12.6. The van der Waals surface area contributed by atoms with E-state index in [1.54, 1.807) is 35.6 Å². The van der Waals surface area contributed by atoms with Crippen molar-refractivity contribution in [3.8, 4) is 0 Å². The predicted octanol–water partition coefficient (Wildman–Crippen LogP) is 3.51. The zero-order chi connectivity index (χ0) is 16.2. The molecule has 3 rings (SSSR count). The fourth-order valence-corrected chi connectivity index (χ4v) is 4.09. The minimum Gasteiger partial charge on any atom is -0.366 e. The Bertz CT molecular complexity index is 691. The van der Waals surface area contributed by atoms with Gasteiger partial charge in [0, 0.05) is 16.0 Å². The molecule has 0 aliphatic heterocycles. The second-order valence-electron chi connectivity index (χ2n) is 5.96. The van der Waals surface area contributed by atoms with Crippen LogP contribution < -0.4 is 11.1 Å². The number of hydrogen-bond donors (Lipinski definition) is 2. The molecular formula is C18H20N2O2S. The van der Waals surface area contributed by atoms with Crippen molar-refractivity contribution in [2.24, 2.45) is 11.7 Å². The van der Waals surface area contributed by atoms with Crippen molar-refractivity contribution in [2.75, 3.05) is 0 Å². The van der Waals surface area contributed by atoms with Gasteiger partial charge in [0.05, 0.1) is 6.04 Å². The van der Waals surface area contributed by atoms with E-state index in [-0.39, 0.29) is 11.9 Å². The summed E-state index contributed by atoms with van der Waals surface area (Å²) in [6.45, 7) is 0. The van der Waals surface area contributed by atoms with E-state index in [1.807, 2.05) is 11.4 Å². The van der Waals surface area contributed by atoms with Crippen LogP contribution in [0.5, 0.6) is 0 Å². The molecule has 1 heterocycles. The average Bonchev–Trinajstić information content (AvgIpc) is 3.26. The number of nitrogens with one attached hydrogen (secondary N) is 1. The third kappa shape index (κ3) is 3.62. The average molecular weight is 328 g/mol. The molecule has 0 radical (unpaired) electrons. The van der Waals surface area contributed by atoms with Crippen molar-refractivity contribution in [1.82, 2.24) is 5.32 Å². The highest BCUT2D eigenvalue weighted by Crippen LogP contribution is 2.37. The molecule has 1 atom stereocenters. The summed E-state index contributed by atoms with van der Waals surface area (Å²) in [6, 6.07) is 10.7. The molecule has 120 valence electrons. The Morgan fingerprint density at radius 3 is 2.52 bits per heavy atom. The van der Waals surface area contributed by atoms with Gasteiger partial charge in [0.15, 0.2) is 0 Å². The van der Waals surface area contributed by atoms with Gasteiger partial charge in [0.2, 0.25) is 5.91 Å². The summed E-state index contributed by atoms with van der Waals surface area (Å²) in [6.07, 6.45) is 4.73. The zero-order valence-electron chi connectivity index (χ0n) is 12.8. The Hall–Kier alpha value is -2.14. The van der Waals surface area contributed by atoms with E-state index in [1.165, 1.54) is 17.7 Å². The van der Waals surface area contributed by atoms with Gasteiger partial charge in [-0.25, -0.2) is 0 Å². The molecule has 1 aliphatic rings. The fourth-order valence-electron chi connectivity index (χ4n) is 3.22. The van der Waals surface area contributed by atoms with Crippen LogP contribution in [-0.4, -0.2) is 11.8 Å². The van der Waals surface area contributed by atoms with Gasteiger partial charge < -0.3 is 11.1 Å². The lowest BCUT2D eigenvalue weighted by Gasteiger charge is -2.24. The molecule has 3 N–H and O–H groups in total. The van der Waals surface area contributed by atoms with E-state index in [0.29, 0.717) is 17.0 Å². The zero-order valence-corrected chi connectivity index (χ0v) is 13.6. The van der Waals surface area contributed by atoms with Crippen molar-refractivity contribution in [2.45, 2.75) is 31.7 Å². The summed E-state index contributed by atoms with van der Waals surface area (Å²) in [5.41, 5.74) is 6.12. The number of amides is 2. The molecule has 0 unspecified atom stereocenters. The smallest absolute Gasteiger partial charge is 0.251 e. The lowest BCUT2D eigenvalue weighted by atomic mass is 9.96. The van der Waals surface area contributed by atoms with E-state index in [4.69, 9.17) is 5.73 Å². The largest absolute Gasteiger partial charge is 0.366 e. The summed E-state index contributed by atoms with van der Waals surface area (Å²) < 4.78 is 0. The van der Waals surface area contributed by atoms with Gasteiger partial charge in [-0.3, -0.25) is 9.59 Å². The fraction of sp³-hybridized carbons (Fsp3) is 0.333. The summed E-state index contributed by atoms with van der Waals surface area (Å²) in [5.74, 6) is -0.194. The number of hydrogen-bond acceptors (Lipinski definition) is 3. The molecule has 23 heavy (non-hydrogen) atoms. The minimum absolute atomic E-state index is 0.0437. The van der Waals surface area contributed by atoms with Crippen LogP contribution in [0.2, 0.25) is 0 Å². The molecule has 0 bridgehead atoms. The molecule has 1 aromatic heterocycles. The van der Waals surface area contributed by atoms with Crippen LogP contribution in [0.3, 0.4) is 0 Å². The maximum Gasteiger partial charge on any atom is 0.251 e. The lowest BCUT2D eigenvalue weighted by molar-refractivity contribution is 0.0923. The number of thiophene rings is 1. The molecule has 5 heteroatoms. The third-order valence-corrected chi connectivity index (χ3v) is 5.37. The SMILES string of the molecule is NC(=O)c1cccc(C(=O)N[C@@H](c2cccs2)C2CCCC2)c1. The maximum absolute atomic E-state index is 12.6. The molecule has 2 amide bonds. The van der Waals surface area contributed by atoms with Gasteiger partial charge in [-0.2, -0.15) is 0 Å². The first-order valence-electron chi connectivity index (χ1n) is 7.89. The molecule has 1 aromatic carbocycles. The highest BCUT2D eigenvalue weighted by atomic mass is 32.1. The van der Waals surface area contributed by atoms with E-state index in [2.05, 4.69) is 11.4 Å². The van der Waals surface area contributed by atoms with Crippen molar-refractivity contribution in [3.63, 3.8) is 0 Å². The standard InChI is InChI=1S/C18H20N2O2S/c19-17(21)13-7-3-8-14(11-13)18(22)20-16(12-5-1-2-6-12)15-9-4-10-23-15/h3-4,7-12,16H,1-2,5-6H2,(H2,19,21)(H,20,22)/t16-/m1/s1. The van der Waals surface area contributed by atoms with E-state index >= 15 is 0 Å². The van der Waals surface area contributed by atoms with Crippen molar-refractivity contribution < 1.29 is 9.59 Å². The molecule has 0 spiro atoms. The number of carbonyl (C=O) groups is 2. The Morgan fingerprint density at radius 1 is 1.13 bits per heavy atom. The molecule has 1 fully saturated rings. The third-order valence-electron chi connectivity index (χ3n) is 4.42. The van der Waals surface area contributed by atoms with Crippen LogP contribution in [0.1, 0.15) is 57.3 Å². The Kier molecular flexibility index (Phi) is 4.76. The van der Waals surface area contributed by atoms with E-state index in [9.17, 15) is 9.59 Å². The van der Waals surface area contributed by atoms with Crippen LogP contribution in [0.4, 0.5) is 0 Å². The van der Waals surface area contributed by atoms with Gasteiger partial charge >= 0.3 is 0 Å². The Balaban J connectivity index is 1.80. The number of primary amides is 1. The first kappa shape index (κ1) is 15.7. The highest BCUT2D eigenvalue weighted by Gasteiger charge is 2.28. The number of carbonyl (C=O) groups excluding carboxylic acids is 2. The van der Waals surface area contributed by atoms with Crippen LogP contribution in [0, 0.1) is 5.92 Å². The monoisotopic (exact) mass is 328 g/mol. The van der Waals surface area contributed by atoms with Crippen molar-refractivity contribution in [1.29, 1.82) is 0 Å². The molecule has 1 aliphatic carbocycles. The topological polar surface area (TPSA) is 72.2 Å². The Labute approximate surface area is 139 Å². The first-order chi connectivity index (χ1) is 11.1. The van der Waals surface area contributed by atoms with Gasteiger partial charge in [-0.05, 0) is 48.4 Å². The normalized spacial score (nSPS) is 16.2. The van der Waals surface area contributed by atoms with Crippen LogP contribution in [0.15, 0.2) is 41.8 Å². The van der Waals surface area contributed by atoms with Crippen LogP contribution in [0.25, 0.3) is 0 Å². The first-order valence-corrected chi connectivity index (χ1v) is 8.77. The van der Waals surface area contributed by atoms with Crippen molar-refractivity contribution >= 4 is 23.2 Å². The molecule has 0 saturated heterocycles.